The molecule has 0 amide bonds. The summed E-state index contributed by atoms with van der Waals surface area (Å²) in [5.74, 6) is 1.31. The number of likely N-dealkylation sites (N-methyl/N-ethyl adjacent to an activating group) is 1. The number of H-pyrrole nitrogens is 1. The smallest absolute Gasteiger partial charge is 0.187 e. The van der Waals surface area contributed by atoms with Gasteiger partial charge in [0.1, 0.15) is 91.0 Å². The molecule has 70 heavy (non-hydrogen) atoms. The zero-order valence-corrected chi connectivity index (χ0v) is 38.6. The van der Waals surface area contributed by atoms with E-state index in [4.69, 9.17) is 72.5 Å². The first-order valence-electron chi connectivity index (χ1n) is 23.6. The highest BCUT2D eigenvalue weighted by molar-refractivity contribution is 5.83. The highest BCUT2D eigenvalue weighted by Gasteiger charge is 2.54. The van der Waals surface area contributed by atoms with E-state index < -0.39 is 116 Å². The van der Waals surface area contributed by atoms with Gasteiger partial charge in [-0.15, -0.1) is 5.10 Å². The minimum Gasteiger partial charge on any atom is -0.487 e. The van der Waals surface area contributed by atoms with Crippen LogP contribution in [-0.2, 0) is 41.6 Å². The lowest BCUT2D eigenvalue weighted by atomic mass is 9.84. The molecule has 2 aromatic carbocycles. The number of anilines is 1. The molecule has 386 valence electrons. The first kappa shape index (κ1) is 50.8. The summed E-state index contributed by atoms with van der Waals surface area (Å²) in [7, 11) is 2.14. The Morgan fingerprint density at radius 1 is 0.686 bits per heavy atom. The van der Waals surface area contributed by atoms with Gasteiger partial charge in [0.05, 0.1) is 42.0 Å². The van der Waals surface area contributed by atoms with Gasteiger partial charge in [0.15, 0.2) is 18.9 Å². The van der Waals surface area contributed by atoms with Crippen LogP contribution in [0.25, 0.3) is 22.4 Å². The number of benzene rings is 2. The van der Waals surface area contributed by atoms with Gasteiger partial charge in [0.2, 0.25) is 0 Å². The molecule has 1 saturated carbocycles. The van der Waals surface area contributed by atoms with Crippen LogP contribution in [0.2, 0.25) is 0 Å². The summed E-state index contributed by atoms with van der Waals surface area (Å²) in [5, 5.41) is 74.2. The van der Waals surface area contributed by atoms with Gasteiger partial charge in [-0.25, -0.2) is 9.67 Å². The molecule has 0 spiro atoms. The van der Waals surface area contributed by atoms with Crippen molar-refractivity contribution in [2.75, 3.05) is 51.2 Å². The van der Waals surface area contributed by atoms with Gasteiger partial charge in [-0.1, -0.05) is 5.21 Å². The predicted molar refractivity (Wildman–Crippen MR) is 247 cm³/mol. The SMILES string of the molecule is CN1CCN(c2ccc3nc(-c4ccc(OCc5cn(C[C@H]6OC(O[C@@H]7C(O)[C@H](N)CC(N)[C@@H]7O[C@@H]7OC(CN)[C@H](O)[C@H](O)C7N)[C@@H](O)[C@H]6O[C@H]6O[C@@H](CN)[C@@H](O)C(O)C6N)nn5)cc4)[nH]c3c2)CC1. The third-order valence-electron chi connectivity index (χ3n) is 14.0. The number of aliphatic hydroxyl groups excluding tert-OH is 6. The molecular weight excluding hydrogens is 919 g/mol. The maximum atomic E-state index is 11.9. The molecule has 5 aliphatic rings. The van der Waals surface area contributed by atoms with Crippen LogP contribution in [0.15, 0.2) is 48.7 Å². The summed E-state index contributed by atoms with van der Waals surface area (Å²) in [6, 6.07) is 9.45. The third-order valence-corrected chi connectivity index (χ3v) is 14.0. The molecule has 26 nitrogen and oxygen atoms in total. The molecule has 2 aromatic heterocycles. The largest absolute Gasteiger partial charge is 0.487 e. The first-order valence-corrected chi connectivity index (χ1v) is 23.6. The van der Waals surface area contributed by atoms with E-state index in [-0.39, 0.29) is 32.7 Å². The van der Waals surface area contributed by atoms with Crippen molar-refractivity contribution in [3.05, 3.63) is 54.4 Å². The highest BCUT2D eigenvalue weighted by Crippen LogP contribution is 2.35. The van der Waals surface area contributed by atoms with E-state index in [1.807, 2.05) is 30.3 Å². The van der Waals surface area contributed by atoms with E-state index in [1.54, 1.807) is 6.20 Å². The van der Waals surface area contributed by atoms with Crippen LogP contribution >= 0.6 is 0 Å². The number of aromatic nitrogens is 5. The van der Waals surface area contributed by atoms with Crippen molar-refractivity contribution in [3.63, 3.8) is 0 Å². The number of imidazole rings is 1. The summed E-state index contributed by atoms with van der Waals surface area (Å²) in [6.45, 7) is 3.56. The number of hydrogen-bond donors (Lipinski definition) is 13. The number of nitrogens with one attached hydrogen (secondary N) is 1. The fourth-order valence-electron chi connectivity index (χ4n) is 9.68. The number of aliphatic hydroxyl groups is 6. The summed E-state index contributed by atoms with van der Waals surface area (Å²) >= 11 is 0. The Bertz CT molecular complexity index is 2320. The predicted octanol–water partition coefficient (Wildman–Crippen LogP) is -5.72. The molecule has 5 fully saturated rings. The maximum Gasteiger partial charge on any atom is 0.187 e. The maximum absolute atomic E-state index is 11.9. The Morgan fingerprint density at radius 2 is 1.30 bits per heavy atom. The van der Waals surface area contributed by atoms with Crippen LogP contribution in [0.4, 0.5) is 5.69 Å². The number of nitrogens with two attached hydrogens (primary N) is 6. The molecular formula is C44H67N13O13. The Hall–Kier alpha value is -4.11. The average Bonchev–Trinajstić information content (AvgIpc) is 4.08. The first-order chi connectivity index (χ1) is 33.6. The van der Waals surface area contributed by atoms with Gasteiger partial charge in [-0.2, -0.15) is 0 Å². The van der Waals surface area contributed by atoms with E-state index in [2.05, 4.69) is 44.3 Å². The minimum atomic E-state index is -1.64. The van der Waals surface area contributed by atoms with Gasteiger partial charge >= 0.3 is 0 Å². The third kappa shape index (κ3) is 10.5. The minimum absolute atomic E-state index is 0.0438. The molecule has 9 rings (SSSR count). The van der Waals surface area contributed by atoms with Crippen LogP contribution in [0.1, 0.15) is 12.1 Å². The van der Waals surface area contributed by atoms with Crippen LogP contribution in [0, 0.1) is 0 Å². The second-order valence-electron chi connectivity index (χ2n) is 18.9. The highest BCUT2D eigenvalue weighted by atomic mass is 16.8. The Morgan fingerprint density at radius 3 is 1.94 bits per heavy atom. The van der Waals surface area contributed by atoms with Crippen molar-refractivity contribution in [3.8, 4) is 17.1 Å². The van der Waals surface area contributed by atoms with Crippen molar-refractivity contribution in [1.82, 2.24) is 29.9 Å². The number of hydrogen-bond acceptors (Lipinski definition) is 24. The van der Waals surface area contributed by atoms with Gasteiger partial charge in [-0.3, -0.25) is 0 Å². The van der Waals surface area contributed by atoms with Crippen molar-refractivity contribution in [2.45, 2.75) is 136 Å². The van der Waals surface area contributed by atoms with E-state index in [1.165, 1.54) is 4.68 Å². The van der Waals surface area contributed by atoms with Crippen LogP contribution in [-0.4, -0.2) is 223 Å². The van der Waals surface area contributed by atoms with Crippen molar-refractivity contribution in [1.29, 1.82) is 0 Å². The van der Waals surface area contributed by atoms with Crippen LogP contribution in [0.3, 0.4) is 0 Å². The molecule has 4 aromatic rings. The second kappa shape index (κ2) is 21.5. The summed E-state index contributed by atoms with van der Waals surface area (Å²) < 4.78 is 44.2. The summed E-state index contributed by atoms with van der Waals surface area (Å²) in [6.07, 6.45) is -18.6. The van der Waals surface area contributed by atoms with Gasteiger partial charge in [0.25, 0.3) is 0 Å². The van der Waals surface area contributed by atoms with Crippen molar-refractivity contribution >= 4 is 16.7 Å². The number of rotatable bonds is 15. The number of piperazine rings is 1. The standard InChI is InChI=1S/C44H67N13O13/c1-55-8-10-56(11-9-55)21-4-7-25-26(12-21)52-41(51-25)19-2-5-22(6-3-19)64-18-20-16-57(54-53-20)17-29-39(69-43-31(50)36(62)34(60)28(15-46)66-43)37(63)44(67-29)70-40-32(58)23(47)13-24(48)38(40)68-42-30(49)35(61)33(59)27(14-45)65-42/h2-7,12,16,23-24,27-40,42-44,58-63H,8-11,13-15,17-18,45-50H2,1H3,(H,51,52)/t23-,24?,27?,28+,29-,30?,31?,32?,33+,34-,35-,36?,37+,38+,39+,40-,42+,43-,44?/m1/s1. The lowest BCUT2D eigenvalue weighted by molar-refractivity contribution is -0.306. The Kier molecular flexibility index (Phi) is 15.6. The lowest BCUT2D eigenvalue weighted by Gasteiger charge is -2.47. The van der Waals surface area contributed by atoms with Crippen LogP contribution in [0.5, 0.6) is 5.75 Å². The molecule has 6 heterocycles. The quantitative estimate of drug-likeness (QED) is 0.0528. The summed E-state index contributed by atoms with van der Waals surface area (Å²) in [4.78, 5) is 13.0. The molecule has 4 saturated heterocycles. The molecule has 0 radical (unpaired) electrons. The lowest BCUT2D eigenvalue weighted by Crippen LogP contribution is -2.68. The Labute approximate surface area is 402 Å². The molecule has 19 N–H and O–H groups in total. The normalized spacial score (nSPS) is 38.6. The van der Waals surface area contributed by atoms with Crippen LogP contribution < -0.4 is 44.0 Å². The van der Waals surface area contributed by atoms with Crippen molar-refractivity contribution in [2.24, 2.45) is 34.4 Å². The number of ether oxygens (including phenoxy) is 7. The fourth-order valence-corrected chi connectivity index (χ4v) is 9.68. The monoisotopic (exact) mass is 985 g/mol. The fraction of sp³-hybridized carbons (Fsp3) is 0.659. The molecule has 19 atom stereocenters. The van der Waals surface area contributed by atoms with E-state index in [9.17, 15) is 30.6 Å². The van der Waals surface area contributed by atoms with Gasteiger partial charge in [-0.05, 0) is 55.9 Å². The topological polar surface area (TPSA) is 408 Å². The van der Waals surface area contributed by atoms with E-state index in [0.717, 1.165) is 54.3 Å². The zero-order valence-electron chi connectivity index (χ0n) is 38.6. The Balaban J connectivity index is 0.879. The van der Waals surface area contributed by atoms with E-state index in [0.29, 0.717) is 11.4 Å². The summed E-state index contributed by atoms with van der Waals surface area (Å²) in [5.41, 5.74) is 41.2. The van der Waals surface area contributed by atoms with Gasteiger partial charge < -0.3 is 113 Å². The molecule has 0 bridgehead atoms. The number of nitrogens with zero attached hydrogens (tertiary/aromatic N) is 6. The van der Waals surface area contributed by atoms with Crippen molar-refractivity contribution < 1.29 is 63.8 Å². The zero-order chi connectivity index (χ0) is 49.5. The molecule has 4 aliphatic heterocycles. The molecule has 1 aliphatic carbocycles. The molecule has 7 unspecified atom stereocenters. The average molecular weight is 986 g/mol. The number of fused-ring (bicyclic) bond motifs is 1. The second-order valence-corrected chi connectivity index (χ2v) is 18.9. The number of aromatic amines is 1. The van der Waals surface area contributed by atoms with Gasteiger partial charge in [0, 0.05) is 62.6 Å². The van der Waals surface area contributed by atoms with E-state index >= 15 is 0 Å². The molecule has 26 heteroatoms.